The first-order chi connectivity index (χ1) is 5.74. The van der Waals surface area contributed by atoms with Crippen LogP contribution in [0.5, 0.6) is 5.75 Å². The van der Waals surface area contributed by atoms with E-state index in [-0.39, 0.29) is 0 Å². The number of hydrogen-bond acceptors (Lipinski definition) is 2. The molecule has 1 rings (SSSR count). The highest BCUT2D eigenvalue weighted by Crippen LogP contribution is 2.22. The summed E-state index contributed by atoms with van der Waals surface area (Å²) in [7, 11) is 0. The van der Waals surface area contributed by atoms with Crippen LogP contribution in [-0.2, 0) is 0 Å². The number of phenolic OH excluding ortho intramolecular Hbond substituents is 1. The van der Waals surface area contributed by atoms with E-state index in [1.807, 2.05) is 23.9 Å². The molecule has 0 radical (unpaired) electrons. The van der Waals surface area contributed by atoms with Crippen LogP contribution in [-0.4, -0.2) is 17.1 Å². The van der Waals surface area contributed by atoms with Crippen molar-refractivity contribution in [3.8, 4) is 5.75 Å². The van der Waals surface area contributed by atoms with Crippen molar-refractivity contribution in [1.82, 2.24) is 0 Å². The van der Waals surface area contributed by atoms with Crippen molar-refractivity contribution in [3.63, 3.8) is 0 Å². The largest absolute Gasteiger partial charge is 0.508 e. The van der Waals surface area contributed by atoms with Crippen molar-refractivity contribution in [3.05, 3.63) is 29.8 Å². The highest BCUT2D eigenvalue weighted by Gasteiger charge is 2.04. The molecule has 0 spiro atoms. The molecule has 0 saturated heterocycles. The number of benzene rings is 1. The highest BCUT2D eigenvalue weighted by molar-refractivity contribution is 7.98. The molecule has 2 heteroatoms. The molecule has 0 aliphatic carbocycles. The summed E-state index contributed by atoms with van der Waals surface area (Å²) in [4.78, 5) is 0. The third-order valence-corrected chi connectivity index (χ3v) is 2.69. The van der Waals surface area contributed by atoms with Crippen LogP contribution in [0.1, 0.15) is 18.4 Å². The van der Waals surface area contributed by atoms with E-state index in [1.165, 1.54) is 5.56 Å². The van der Waals surface area contributed by atoms with Gasteiger partial charge < -0.3 is 5.11 Å². The van der Waals surface area contributed by atoms with Gasteiger partial charge in [-0.1, -0.05) is 19.1 Å². The van der Waals surface area contributed by atoms with E-state index in [0.717, 1.165) is 5.75 Å². The fourth-order valence-corrected chi connectivity index (χ4v) is 1.87. The van der Waals surface area contributed by atoms with Crippen LogP contribution in [0, 0.1) is 0 Å². The van der Waals surface area contributed by atoms with Gasteiger partial charge in [0, 0.05) is 0 Å². The summed E-state index contributed by atoms with van der Waals surface area (Å²) in [5.41, 5.74) is 1.21. The average Bonchev–Trinajstić information content (AvgIpc) is 2.05. The van der Waals surface area contributed by atoms with Gasteiger partial charge in [-0.15, -0.1) is 0 Å². The molecule has 1 nitrogen and oxygen atoms in total. The van der Waals surface area contributed by atoms with Gasteiger partial charge in [0.25, 0.3) is 0 Å². The molecule has 0 heterocycles. The zero-order valence-electron chi connectivity index (χ0n) is 7.45. The van der Waals surface area contributed by atoms with E-state index in [4.69, 9.17) is 0 Å². The summed E-state index contributed by atoms with van der Waals surface area (Å²) in [6.45, 7) is 2.17. The Morgan fingerprint density at radius 1 is 1.50 bits per heavy atom. The van der Waals surface area contributed by atoms with E-state index in [1.54, 1.807) is 6.07 Å². The van der Waals surface area contributed by atoms with E-state index in [2.05, 4.69) is 19.2 Å². The smallest absolute Gasteiger partial charge is 0.115 e. The molecule has 66 valence electrons. The molecule has 0 amide bonds. The number of hydrogen-bond donors (Lipinski definition) is 1. The molecule has 0 bridgehead atoms. The molecule has 12 heavy (non-hydrogen) atoms. The lowest BCUT2D eigenvalue weighted by molar-refractivity contribution is 0.474. The summed E-state index contributed by atoms with van der Waals surface area (Å²) in [5.74, 6) is 1.98. The lowest BCUT2D eigenvalue weighted by Crippen LogP contribution is -1.95. The van der Waals surface area contributed by atoms with Gasteiger partial charge in [-0.25, -0.2) is 0 Å². The summed E-state index contributed by atoms with van der Waals surface area (Å²) >= 11 is 1.83. The molecule has 1 unspecified atom stereocenters. The Morgan fingerprint density at radius 3 is 2.83 bits per heavy atom. The third-order valence-electron chi connectivity index (χ3n) is 1.86. The zero-order valence-corrected chi connectivity index (χ0v) is 8.27. The number of phenols is 1. The molecule has 0 aromatic heterocycles. The topological polar surface area (TPSA) is 20.2 Å². The van der Waals surface area contributed by atoms with E-state index < -0.39 is 0 Å². The van der Waals surface area contributed by atoms with Gasteiger partial charge in [0.2, 0.25) is 0 Å². The van der Waals surface area contributed by atoms with Crippen LogP contribution in [0.2, 0.25) is 0 Å². The van der Waals surface area contributed by atoms with Crippen molar-refractivity contribution in [2.75, 3.05) is 12.0 Å². The van der Waals surface area contributed by atoms with Crippen molar-refractivity contribution >= 4 is 11.8 Å². The van der Waals surface area contributed by atoms with E-state index in [9.17, 15) is 5.11 Å². The zero-order chi connectivity index (χ0) is 8.97. The van der Waals surface area contributed by atoms with Gasteiger partial charge in [-0.05, 0) is 35.6 Å². The average molecular weight is 182 g/mol. The quantitative estimate of drug-likeness (QED) is 0.775. The molecule has 0 saturated carbocycles. The van der Waals surface area contributed by atoms with Crippen LogP contribution in [0.4, 0.5) is 0 Å². The molecule has 0 aliphatic rings. The number of thioether (sulfide) groups is 1. The van der Waals surface area contributed by atoms with Crippen LogP contribution in [0.3, 0.4) is 0 Å². The first-order valence-electron chi connectivity index (χ1n) is 4.02. The maximum absolute atomic E-state index is 9.22. The molecule has 1 atom stereocenters. The minimum atomic E-state index is 0.362. The third kappa shape index (κ3) is 2.45. The first kappa shape index (κ1) is 9.46. The Hall–Kier alpha value is -0.630. The summed E-state index contributed by atoms with van der Waals surface area (Å²) in [6.07, 6.45) is 2.10. The highest BCUT2D eigenvalue weighted by atomic mass is 32.2. The van der Waals surface area contributed by atoms with Gasteiger partial charge in [-0.2, -0.15) is 11.8 Å². The van der Waals surface area contributed by atoms with Gasteiger partial charge >= 0.3 is 0 Å². The SMILES string of the molecule is CSCC(C)c1cccc(O)c1. The van der Waals surface area contributed by atoms with Gasteiger partial charge in [0.1, 0.15) is 5.75 Å². The summed E-state index contributed by atoms with van der Waals surface area (Å²) in [5, 5.41) is 9.22. The molecule has 1 N–H and O–H groups in total. The minimum absolute atomic E-state index is 0.362. The van der Waals surface area contributed by atoms with Crippen molar-refractivity contribution in [2.45, 2.75) is 12.8 Å². The Labute approximate surface area is 77.8 Å². The normalized spacial score (nSPS) is 12.8. The predicted octanol–water partition coefficient (Wildman–Crippen LogP) is 2.86. The van der Waals surface area contributed by atoms with Gasteiger partial charge in [0.15, 0.2) is 0 Å². The Kier molecular flexibility index (Phi) is 3.48. The second-order valence-corrected chi connectivity index (χ2v) is 3.86. The molecular weight excluding hydrogens is 168 g/mol. The minimum Gasteiger partial charge on any atom is -0.508 e. The summed E-state index contributed by atoms with van der Waals surface area (Å²) in [6, 6.07) is 7.48. The van der Waals surface area contributed by atoms with Crippen LogP contribution >= 0.6 is 11.8 Å². The van der Waals surface area contributed by atoms with Crippen molar-refractivity contribution < 1.29 is 5.11 Å². The Bertz CT molecular complexity index is 247. The van der Waals surface area contributed by atoms with Gasteiger partial charge in [0.05, 0.1) is 0 Å². The molecule has 0 fully saturated rings. The van der Waals surface area contributed by atoms with E-state index in [0.29, 0.717) is 11.7 Å². The van der Waals surface area contributed by atoms with Crippen LogP contribution in [0.15, 0.2) is 24.3 Å². The van der Waals surface area contributed by atoms with E-state index >= 15 is 0 Å². The summed E-state index contributed by atoms with van der Waals surface area (Å²) < 4.78 is 0. The van der Waals surface area contributed by atoms with Crippen LogP contribution < -0.4 is 0 Å². The number of rotatable bonds is 3. The monoisotopic (exact) mass is 182 g/mol. The van der Waals surface area contributed by atoms with Crippen molar-refractivity contribution in [1.29, 1.82) is 0 Å². The maximum Gasteiger partial charge on any atom is 0.115 e. The molecule has 1 aromatic carbocycles. The predicted molar refractivity (Wildman–Crippen MR) is 54.9 cm³/mol. The first-order valence-corrected chi connectivity index (χ1v) is 5.41. The second-order valence-electron chi connectivity index (χ2n) is 2.95. The second kappa shape index (κ2) is 4.41. The molecule has 1 aromatic rings. The van der Waals surface area contributed by atoms with Gasteiger partial charge in [-0.3, -0.25) is 0 Å². The Morgan fingerprint density at radius 2 is 2.25 bits per heavy atom. The lowest BCUT2D eigenvalue weighted by atomic mass is 10.0. The maximum atomic E-state index is 9.22. The number of aromatic hydroxyl groups is 1. The lowest BCUT2D eigenvalue weighted by Gasteiger charge is -2.09. The molecule has 0 aliphatic heterocycles. The Balaban J connectivity index is 2.73. The fraction of sp³-hybridized carbons (Fsp3) is 0.400. The van der Waals surface area contributed by atoms with Crippen molar-refractivity contribution in [2.24, 2.45) is 0 Å². The molecular formula is C10H14OS. The van der Waals surface area contributed by atoms with Crippen LogP contribution in [0.25, 0.3) is 0 Å². The standard InChI is InChI=1S/C10H14OS/c1-8(7-12-2)9-4-3-5-10(11)6-9/h3-6,8,11H,7H2,1-2H3. The fourth-order valence-electron chi connectivity index (χ4n) is 1.18.